The van der Waals surface area contributed by atoms with Crippen molar-refractivity contribution >= 4 is 23.1 Å². The van der Waals surface area contributed by atoms with Crippen LogP contribution < -0.4 is 11.5 Å². The van der Waals surface area contributed by atoms with Gasteiger partial charge in [0.25, 0.3) is 0 Å². The molecule has 3 rings (SSSR count). The molecule has 10 heteroatoms. The van der Waals surface area contributed by atoms with Gasteiger partial charge in [-0.1, -0.05) is 63.8 Å². The number of aliphatic imine (C=N–C) groups is 1. The molecular weight excluding hydrogens is 505 g/mol. The van der Waals surface area contributed by atoms with Gasteiger partial charge in [0, 0.05) is 17.1 Å². The number of rotatable bonds is 9. The van der Waals surface area contributed by atoms with Crippen LogP contribution in [0.2, 0.25) is 0 Å². The summed E-state index contributed by atoms with van der Waals surface area (Å²) >= 11 is 0. The number of allylic oxidation sites excluding steroid dienone is 2. The molecule has 40 heavy (non-hydrogen) atoms. The van der Waals surface area contributed by atoms with Crippen LogP contribution in [-0.2, 0) is 6.54 Å². The maximum atomic E-state index is 13.8. The number of pyridine rings is 1. The fraction of sp³-hybridized carbons (Fsp3) is 0.267. The van der Waals surface area contributed by atoms with Crippen LogP contribution >= 0.6 is 0 Å². The standard InChI is InChI=1S/C15H14FN5.C6H10N4.C5H10.C2H6.C2H4/c16-13-6-2-1-4-11(13)9-21-15-12(5-3-7-19-15)14(20-21)8-18-10-17;1-3-4-9-10-5(2)6(7)8;1-3-5-4-2;2*1-2/h1-8H,9-10,17H2;3H,1-2,4H2,(H3,7,8);3,5H,4H2,1-2H3;1-2H3;1-2H2/b18-8+;;5-3-;;. The highest BCUT2D eigenvalue weighted by Crippen LogP contribution is 2.17. The van der Waals surface area contributed by atoms with Gasteiger partial charge < -0.3 is 11.5 Å². The van der Waals surface area contributed by atoms with Gasteiger partial charge in [-0.15, -0.1) is 19.7 Å². The number of amidine groups is 1. The zero-order valence-corrected chi connectivity index (χ0v) is 24.2. The van der Waals surface area contributed by atoms with E-state index < -0.39 is 0 Å². The summed E-state index contributed by atoms with van der Waals surface area (Å²) in [6.07, 6.45) is 10.2. The third kappa shape index (κ3) is 15.0. The first kappa shape index (κ1) is 37.6. The minimum Gasteiger partial charge on any atom is -0.382 e. The van der Waals surface area contributed by atoms with Gasteiger partial charge in [-0.2, -0.15) is 15.3 Å². The Hall–Kier alpha value is -4.57. The molecular formula is C30H44FN9. The number of benzene rings is 1. The van der Waals surface area contributed by atoms with E-state index >= 15 is 0 Å². The molecule has 0 spiro atoms. The molecule has 0 saturated carbocycles. The number of aromatic nitrogens is 3. The van der Waals surface area contributed by atoms with E-state index in [1.54, 1.807) is 41.4 Å². The number of hydrogen-bond donors (Lipinski definition) is 3. The van der Waals surface area contributed by atoms with E-state index in [2.05, 4.69) is 70.7 Å². The van der Waals surface area contributed by atoms with Crippen LogP contribution in [0.15, 0.2) is 108 Å². The molecule has 2 heterocycles. The maximum Gasteiger partial charge on any atom is 0.158 e. The van der Waals surface area contributed by atoms with E-state index in [0.29, 0.717) is 30.0 Å². The first-order valence-electron chi connectivity index (χ1n) is 12.8. The first-order valence-corrected chi connectivity index (χ1v) is 12.8. The fourth-order valence-electron chi connectivity index (χ4n) is 2.64. The van der Waals surface area contributed by atoms with Crippen LogP contribution in [0.3, 0.4) is 0 Å². The second kappa shape index (κ2) is 24.7. The predicted molar refractivity (Wildman–Crippen MR) is 168 cm³/mol. The molecule has 5 N–H and O–H groups in total. The molecule has 0 saturated heterocycles. The van der Waals surface area contributed by atoms with Crippen molar-refractivity contribution in [2.24, 2.45) is 26.7 Å². The average Bonchev–Trinajstić information content (AvgIpc) is 3.33. The summed E-state index contributed by atoms with van der Waals surface area (Å²) in [6, 6.07) is 10.4. The van der Waals surface area contributed by atoms with Crippen molar-refractivity contribution < 1.29 is 4.39 Å². The van der Waals surface area contributed by atoms with Crippen LogP contribution in [0, 0.1) is 11.2 Å². The summed E-state index contributed by atoms with van der Waals surface area (Å²) in [7, 11) is 0. The second-order valence-electron chi connectivity index (χ2n) is 7.05. The highest BCUT2D eigenvalue weighted by Gasteiger charge is 2.11. The maximum absolute atomic E-state index is 13.8. The van der Waals surface area contributed by atoms with E-state index in [9.17, 15) is 4.39 Å². The van der Waals surface area contributed by atoms with Crippen LogP contribution in [0.1, 0.15) is 45.4 Å². The molecule has 9 nitrogen and oxygen atoms in total. The molecule has 0 bridgehead atoms. The van der Waals surface area contributed by atoms with Gasteiger partial charge >= 0.3 is 0 Å². The molecule has 2 aromatic heterocycles. The van der Waals surface area contributed by atoms with Crippen LogP contribution in [-0.4, -0.2) is 40.0 Å². The molecule has 216 valence electrons. The third-order valence-electron chi connectivity index (χ3n) is 4.32. The Morgan fingerprint density at radius 1 is 1.18 bits per heavy atom. The molecule has 0 unspecified atom stereocenters. The van der Waals surface area contributed by atoms with Gasteiger partial charge in [0.15, 0.2) is 5.65 Å². The second-order valence-corrected chi connectivity index (χ2v) is 7.05. The van der Waals surface area contributed by atoms with E-state index in [1.807, 2.05) is 32.9 Å². The monoisotopic (exact) mass is 549 g/mol. The zero-order chi connectivity index (χ0) is 30.8. The Bertz CT molecular complexity index is 1230. The predicted octanol–water partition coefficient (Wildman–Crippen LogP) is 6.83. The third-order valence-corrected chi connectivity index (χ3v) is 4.32. The smallest absolute Gasteiger partial charge is 0.158 e. The summed E-state index contributed by atoms with van der Waals surface area (Å²) < 4.78 is 15.5. The first-order chi connectivity index (χ1) is 19.4. The lowest BCUT2D eigenvalue weighted by atomic mass is 10.2. The Morgan fingerprint density at radius 3 is 2.38 bits per heavy atom. The molecule has 3 aromatic rings. The topological polar surface area (TPSA) is 144 Å². The highest BCUT2D eigenvalue weighted by atomic mass is 19.1. The summed E-state index contributed by atoms with van der Waals surface area (Å²) in [5.74, 6) is -0.415. The summed E-state index contributed by atoms with van der Waals surface area (Å²) in [4.78, 5) is 8.33. The number of nitrogens with two attached hydrogens (primary N) is 2. The summed E-state index contributed by atoms with van der Waals surface area (Å²) in [5.41, 5.74) is 12.5. The Balaban J connectivity index is 0. The van der Waals surface area contributed by atoms with Gasteiger partial charge in [0.05, 0.1) is 26.0 Å². The van der Waals surface area contributed by atoms with Crippen molar-refractivity contribution in [3.05, 3.63) is 110 Å². The lowest BCUT2D eigenvalue weighted by Crippen LogP contribution is -2.09. The van der Waals surface area contributed by atoms with Gasteiger partial charge in [-0.25, -0.2) is 14.1 Å². The van der Waals surface area contributed by atoms with E-state index in [0.717, 1.165) is 11.8 Å². The molecule has 0 fully saturated rings. The number of hydrogen-bond acceptors (Lipinski definition) is 7. The molecule has 0 amide bonds. The van der Waals surface area contributed by atoms with Crippen molar-refractivity contribution in [3.63, 3.8) is 0 Å². The lowest BCUT2D eigenvalue weighted by Gasteiger charge is -2.04. The van der Waals surface area contributed by atoms with Crippen LogP contribution in [0.5, 0.6) is 0 Å². The molecule has 0 aliphatic heterocycles. The minimum atomic E-state index is -0.255. The number of fused-ring (bicyclic) bond motifs is 1. The van der Waals surface area contributed by atoms with Crippen molar-refractivity contribution in [3.8, 4) is 0 Å². The largest absolute Gasteiger partial charge is 0.382 e. The SMILES string of the molecule is C/C=C\CC.C=C.C=CCN=NC(=C)C(=N)N.CC.NC/N=C/c1nn(Cc2ccccc2F)c2ncccc12. The summed E-state index contributed by atoms with van der Waals surface area (Å²) in [6.45, 7) is 21.9. The molecule has 0 radical (unpaired) electrons. The number of nitrogens with one attached hydrogen (secondary N) is 1. The van der Waals surface area contributed by atoms with Crippen molar-refractivity contribution in [2.45, 2.75) is 40.7 Å². The summed E-state index contributed by atoms with van der Waals surface area (Å²) in [5, 5.41) is 19.3. The van der Waals surface area contributed by atoms with Gasteiger partial charge in [-0.05, 0) is 31.5 Å². The Labute approximate surface area is 238 Å². The number of halogens is 1. The molecule has 0 atom stereocenters. The number of azo groups is 1. The van der Waals surface area contributed by atoms with Crippen molar-refractivity contribution in [2.75, 3.05) is 13.2 Å². The minimum absolute atomic E-state index is 0.159. The quantitative estimate of drug-likeness (QED) is 0.116. The lowest BCUT2D eigenvalue weighted by molar-refractivity contribution is 0.589. The van der Waals surface area contributed by atoms with Gasteiger partial charge in [0.2, 0.25) is 0 Å². The normalized spacial score (nSPS) is 9.95. The van der Waals surface area contributed by atoms with Gasteiger partial charge in [-0.3, -0.25) is 10.4 Å². The van der Waals surface area contributed by atoms with E-state index in [4.69, 9.17) is 16.9 Å². The zero-order valence-electron chi connectivity index (χ0n) is 24.2. The van der Waals surface area contributed by atoms with Crippen molar-refractivity contribution in [1.82, 2.24) is 14.8 Å². The van der Waals surface area contributed by atoms with Gasteiger partial charge in [0.1, 0.15) is 23.0 Å². The fourth-order valence-corrected chi connectivity index (χ4v) is 2.64. The van der Waals surface area contributed by atoms with Crippen LogP contribution in [0.25, 0.3) is 11.0 Å². The van der Waals surface area contributed by atoms with E-state index in [1.165, 1.54) is 6.07 Å². The number of nitrogens with zero attached hydrogens (tertiary/aromatic N) is 6. The van der Waals surface area contributed by atoms with Crippen LogP contribution in [0.4, 0.5) is 4.39 Å². The molecule has 1 aromatic carbocycles. The Kier molecular flexibility index (Phi) is 23.3. The average molecular weight is 550 g/mol. The van der Waals surface area contributed by atoms with Crippen molar-refractivity contribution in [1.29, 1.82) is 5.41 Å². The molecule has 0 aliphatic carbocycles. The highest BCUT2D eigenvalue weighted by molar-refractivity contribution is 5.95. The Morgan fingerprint density at radius 2 is 1.85 bits per heavy atom. The molecule has 0 aliphatic rings. The van der Waals surface area contributed by atoms with E-state index in [-0.39, 0.29) is 24.0 Å².